The molecule has 0 aliphatic heterocycles. The van der Waals surface area contributed by atoms with E-state index in [-0.39, 0.29) is 4.87 Å². The summed E-state index contributed by atoms with van der Waals surface area (Å²) in [5.41, 5.74) is 10.4. The number of alkyl halides is 1. The van der Waals surface area contributed by atoms with E-state index in [0.29, 0.717) is 19.3 Å². The molecule has 0 radical (unpaired) electrons. The predicted octanol–water partition coefficient (Wildman–Crippen LogP) is 2.26. The smallest absolute Gasteiger partial charge is 0.323 e. The molecule has 0 aromatic rings. The van der Waals surface area contributed by atoms with Gasteiger partial charge in [-0.2, -0.15) is 0 Å². The van der Waals surface area contributed by atoms with Crippen molar-refractivity contribution in [2.24, 2.45) is 11.5 Å². The maximum Gasteiger partial charge on any atom is 0.323 e. The lowest BCUT2D eigenvalue weighted by molar-refractivity contribution is -0.156. The normalized spacial score (nSPS) is 14.4. The van der Waals surface area contributed by atoms with Crippen LogP contribution >= 0.6 is 11.6 Å². The van der Waals surface area contributed by atoms with Crippen LogP contribution in [0.3, 0.4) is 0 Å². The van der Waals surface area contributed by atoms with Crippen LogP contribution < -0.4 is 11.5 Å². The zero-order valence-electron chi connectivity index (χ0n) is 14.5. The van der Waals surface area contributed by atoms with Gasteiger partial charge in [-0.1, -0.05) is 0 Å². The van der Waals surface area contributed by atoms with Gasteiger partial charge in [0.25, 0.3) is 0 Å². The van der Waals surface area contributed by atoms with Crippen LogP contribution in [0.5, 0.6) is 0 Å². The second-order valence-corrected chi connectivity index (χ2v) is 8.22. The number of aliphatic carboxylic acids is 1. The zero-order valence-corrected chi connectivity index (χ0v) is 15.2. The van der Waals surface area contributed by atoms with Crippen LogP contribution in [0.2, 0.25) is 0 Å². The molecule has 0 rings (SSSR count). The van der Waals surface area contributed by atoms with Gasteiger partial charge in [0, 0.05) is 4.87 Å². The van der Waals surface area contributed by atoms with E-state index in [1.54, 1.807) is 20.8 Å². The van der Waals surface area contributed by atoms with Crippen LogP contribution in [0.4, 0.5) is 0 Å². The minimum atomic E-state index is -1.05. The average molecular weight is 339 g/mol. The summed E-state index contributed by atoms with van der Waals surface area (Å²) in [4.78, 5) is 21.9. The molecule has 6 nitrogen and oxygen atoms in total. The Kier molecular flexibility index (Phi) is 10.7. The van der Waals surface area contributed by atoms with Gasteiger partial charge in [0.2, 0.25) is 0 Å². The number of halogens is 1. The quantitative estimate of drug-likeness (QED) is 0.505. The highest BCUT2D eigenvalue weighted by atomic mass is 35.5. The van der Waals surface area contributed by atoms with E-state index < -0.39 is 29.6 Å². The fourth-order valence-corrected chi connectivity index (χ4v) is 1.18. The molecule has 0 aliphatic carbocycles. The fraction of sp³-hybridized carbons (Fsp3) is 0.867. The number of hydrogen-bond acceptors (Lipinski definition) is 5. The summed E-state index contributed by atoms with van der Waals surface area (Å²) in [6.07, 6.45) is 1.15. The molecule has 0 fully saturated rings. The summed E-state index contributed by atoms with van der Waals surface area (Å²) in [6.45, 7) is 11.1. The maximum atomic E-state index is 11.5. The Morgan fingerprint density at radius 1 is 1.05 bits per heavy atom. The Hall–Kier alpha value is -0.850. The van der Waals surface area contributed by atoms with Crippen molar-refractivity contribution in [3.63, 3.8) is 0 Å². The van der Waals surface area contributed by atoms with E-state index in [9.17, 15) is 9.59 Å². The van der Waals surface area contributed by atoms with E-state index in [0.717, 1.165) is 0 Å². The lowest BCUT2D eigenvalue weighted by Gasteiger charge is -2.22. The van der Waals surface area contributed by atoms with Gasteiger partial charge in [-0.05, 0) is 60.8 Å². The number of esters is 1. The molecule has 132 valence electrons. The van der Waals surface area contributed by atoms with Crippen molar-refractivity contribution in [3.8, 4) is 0 Å². The Bertz CT molecular complexity index is 342. The fourth-order valence-electron chi connectivity index (χ4n) is 1.18. The van der Waals surface area contributed by atoms with Gasteiger partial charge in [0.1, 0.15) is 17.7 Å². The second kappa shape index (κ2) is 10.0. The second-order valence-electron chi connectivity index (χ2n) is 7.08. The summed E-state index contributed by atoms with van der Waals surface area (Å²) in [7, 11) is 0. The van der Waals surface area contributed by atoms with Crippen LogP contribution in [0, 0.1) is 0 Å². The first-order chi connectivity index (χ1) is 9.63. The van der Waals surface area contributed by atoms with E-state index >= 15 is 0 Å². The highest BCUT2D eigenvalue weighted by molar-refractivity contribution is 6.23. The standard InChI is InChI=1S/C11H22N2O4.C4H9Cl/c1-11(2,3)17-10(16)8(13)6-4-5-7(12)9(14)15;1-4(2,3)5/h7-8H,4-6,12-13H2,1-3H3,(H,14,15);1-3H3. The largest absolute Gasteiger partial charge is 0.480 e. The molecule has 0 aliphatic rings. The van der Waals surface area contributed by atoms with Crippen molar-refractivity contribution >= 4 is 23.5 Å². The molecule has 0 aromatic carbocycles. The van der Waals surface area contributed by atoms with E-state index in [2.05, 4.69) is 0 Å². The first-order valence-corrected chi connectivity index (χ1v) is 7.67. The van der Waals surface area contributed by atoms with Gasteiger partial charge in [0.05, 0.1) is 0 Å². The number of rotatable bonds is 6. The van der Waals surface area contributed by atoms with Crippen molar-refractivity contribution in [2.75, 3.05) is 0 Å². The third-order valence-electron chi connectivity index (χ3n) is 2.06. The molecule has 22 heavy (non-hydrogen) atoms. The molecule has 2 unspecified atom stereocenters. The number of ether oxygens (including phenoxy) is 1. The number of carboxylic acid groups (broad SMARTS) is 1. The van der Waals surface area contributed by atoms with Gasteiger partial charge >= 0.3 is 11.9 Å². The number of carbonyl (C=O) groups excluding carboxylic acids is 1. The topological polar surface area (TPSA) is 116 Å². The Balaban J connectivity index is 0. The summed E-state index contributed by atoms with van der Waals surface area (Å²) >= 11 is 5.53. The van der Waals surface area contributed by atoms with Crippen LogP contribution in [0.15, 0.2) is 0 Å². The van der Waals surface area contributed by atoms with E-state index in [1.165, 1.54) is 0 Å². The Labute approximate surface area is 138 Å². The lowest BCUT2D eigenvalue weighted by atomic mass is 10.1. The van der Waals surface area contributed by atoms with Crippen molar-refractivity contribution < 1.29 is 19.4 Å². The summed E-state index contributed by atoms with van der Waals surface area (Å²) in [6, 6.07) is -1.63. The van der Waals surface area contributed by atoms with Gasteiger partial charge in [-0.15, -0.1) is 11.6 Å². The highest BCUT2D eigenvalue weighted by Crippen LogP contribution is 2.10. The van der Waals surface area contributed by atoms with Gasteiger partial charge in [0.15, 0.2) is 0 Å². The van der Waals surface area contributed by atoms with Crippen molar-refractivity contribution in [1.82, 2.24) is 0 Å². The minimum Gasteiger partial charge on any atom is -0.480 e. The van der Waals surface area contributed by atoms with Gasteiger partial charge in [-0.3, -0.25) is 9.59 Å². The van der Waals surface area contributed by atoms with Crippen molar-refractivity contribution in [2.45, 2.75) is 83.4 Å². The molecule has 5 N–H and O–H groups in total. The molecular formula is C15H31ClN2O4. The Morgan fingerprint density at radius 3 is 1.73 bits per heavy atom. The highest BCUT2D eigenvalue weighted by Gasteiger charge is 2.22. The monoisotopic (exact) mass is 338 g/mol. The number of carboxylic acids is 1. The van der Waals surface area contributed by atoms with Gasteiger partial charge < -0.3 is 21.3 Å². The van der Waals surface area contributed by atoms with Crippen molar-refractivity contribution in [3.05, 3.63) is 0 Å². The molecule has 0 bridgehead atoms. The number of hydrogen-bond donors (Lipinski definition) is 3. The molecule has 0 saturated carbocycles. The molecular weight excluding hydrogens is 308 g/mol. The van der Waals surface area contributed by atoms with Crippen LogP contribution in [-0.4, -0.2) is 39.6 Å². The number of carbonyl (C=O) groups is 2. The van der Waals surface area contributed by atoms with Crippen LogP contribution in [-0.2, 0) is 14.3 Å². The zero-order chi connectivity index (χ0) is 18.1. The number of nitrogens with two attached hydrogens (primary N) is 2. The maximum absolute atomic E-state index is 11.5. The van der Waals surface area contributed by atoms with E-state index in [1.807, 2.05) is 20.8 Å². The molecule has 0 aromatic heterocycles. The van der Waals surface area contributed by atoms with E-state index in [4.69, 9.17) is 32.9 Å². The predicted molar refractivity (Wildman–Crippen MR) is 88.9 cm³/mol. The molecule has 0 saturated heterocycles. The third kappa shape index (κ3) is 19.1. The third-order valence-corrected chi connectivity index (χ3v) is 2.06. The molecule has 0 heterocycles. The van der Waals surface area contributed by atoms with Crippen molar-refractivity contribution in [1.29, 1.82) is 0 Å². The molecule has 2 atom stereocenters. The molecule has 0 amide bonds. The Morgan fingerprint density at radius 2 is 1.41 bits per heavy atom. The van der Waals surface area contributed by atoms with Crippen LogP contribution in [0.25, 0.3) is 0 Å². The van der Waals surface area contributed by atoms with Gasteiger partial charge in [-0.25, -0.2) is 0 Å². The average Bonchev–Trinajstić information content (AvgIpc) is 2.23. The summed E-state index contributed by atoms with van der Waals surface area (Å²) < 4.78 is 5.09. The van der Waals surface area contributed by atoms with Crippen LogP contribution in [0.1, 0.15) is 60.8 Å². The molecule has 7 heteroatoms. The molecule has 0 spiro atoms. The first kappa shape index (κ1) is 23.4. The summed E-state index contributed by atoms with van der Waals surface area (Å²) in [5.74, 6) is -1.52. The lowest BCUT2D eigenvalue weighted by Crippen LogP contribution is -2.38. The first-order valence-electron chi connectivity index (χ1n) is 7.29. The SMILES string of the molecule is CC(C)(C)Cl.CC(C)(C)OC(=O)C(N)CCCC(N)C(=O)O. The minimum absolute atomic E-state index is 0.0278. The summed E-state index contributed by atoms with van der Waals surface area (Å²) in [5, 5.41) is 8.56.